The molecular weight excluding hydrogens is 352 g/mol. The molecule has 0 amide bonds. The lowest BCUT2D eigenvalue weighted by molar-refractivity contribution is 0.121. The molecule has 0 saturated carbocycles. The van der Waals surface area contributed by atoms with Gasteiger partial charge in [0.1, 0.15) is 5.82 Å². The Morgan fingerprint density at radius 2 is 1.75 bits per heavy atom. The highest BCUT2D eigenvalue weighted by atomic mass is 16.1. The van der Waals surface area contributed by atoms with Crippen LogP contribution >= 0.6 is 0 Å². The Hall–Kier alpha value is -1.99. The fourth-order valence-corrected chi connectivity index (χ4v) is 4.78. The van der Waals surface area contributed by atoms with Crippen LogP contribution in [0.4, 0.5) is 0 Å². The van der Waals surface area contributed by atoms with Crippen LogP contribution in [0.25, 0.3) is 0 Å². The van der Waals surface area contributed by atoms with E-state index in [1.807, 2.05) is 0 Å². The molecule has 0 atom stereocenters. The minimum Gasteiger partial charge on any atom is -0.335 e. The minimum absolute atomic E-state index is 0.0584. The molecule has 1 fully saturated rings. The van der Waals surface area contributed by atoms with Crippen molar-refractivity contribution >= 4 is 0 Å². The summed E-state index contributed by atoms with van der Waals surface area (Å²) in [5.74, 6) is 1.27. The quantitative estimate of drug-likeness (QED) is 0.775. The van der Waals surface area contributed by atoms with Crippen LogP contribution in [-0.2, 0) is 38.9 Å². The first-order chi connectivity index (χ1) is 13.7. The van der Waals surface area contributed by atoms with Gasteiger partial charge in [0.15, 0.2) is 0 Å². The zero-order valence-electron chi connectivity index (χ0n) is 16.6. The molecule has 150 valence electrons. The van der Waals surface area contributed by atoms with Crippen LogP contribution in [0.2, 0.25) is 0 Å². The van der Waals surface area contributed by atoms with Gasteiger partial charge in [0.2, 0.25) is 0 Å². The van der Waals surface area contributed by atoms with Gasteiger partial charge < -0.3 is 4.57 Å². The molecule has 0 bridgehead atoms. The van der Waals surface area contributed by atoms with E-state index in [4.69, 9.17) is 4.98 Å². The number of aryl methyl sites for hydroxylation is 4. The largest absolute Gasteiger partial charge is 0.335 e. The maximum atomic E-state index is 12.3. The highest BCUT2D eigenvalue weighted by Gasteiger charge is 2.20. The van der Waals surface area contributed by atoms with E-state index in [0.717, 1.165) is 82.8 Å². The van der Waals surface area contributed by atoms with Crippen LogP contribution in [0.3, 0.4) is 0 Å². The van der Waals surface area contributed by atoms with Gasteiger partial charge in [-0.3, -0.25) is 14.6 Å². The number of fused-ring (bicyclic) bond motifs is 2. The SMILES string of the molecule is O=c1cc2c(nn1CCN1CCN(Cc3cn4c(n3)CCCC4)CC1)CCC2. The van der Waals surface area contributed by atoms with Crippen molar-refractivity contribution in [3.05, 3.63) is 45.4 Å². The molecule has 0 aromatic carbocycles. The van der Waals surface area contributed by atoms with Gasteiger partial charge in [0.25, 0.3) is 5.56 Å². The summed E-state index contributed by atoms with van der Waals surface area (Å²) in [6, 6.07) is 1.80. The zero-order chi connectivity index (χ0) is 18.9. The molecule has 2 aromatic rings. The monoisotopic (exact) mass is 382 g/mol. The van der Waals surface area contributed by atoms with Crippen molar-refractivity contribution in [3.8, 4) is 0 Å². The fourth-order valence-electron chi connectivity index (χ4n) is 4.78. The Morgan fingerprint density at radius 1 is 0.893 bits per heavy atom. The van der Waals surface area contributed by atoms with Crippen molar-refractivity contribution in [2.75, 3.05) is 32.7 Å². The Balaban J connectivity index is 1.12. The van der Waals surface area contributed by atoms with Gasteiger partial charge in [0, 0.05) is 64.5 Å². The van der Waals surface area contributed by atoms with Gasteiger partial charge in [-0.2, -0.15) is 5.10 Å². The zero-order valence-corrected chi connectivity index (χ0v) is 16.6. The molecule has 7 heteroatoms. The maximum absolute atomic E-state index is 12.3. The van der Waals surface area contributed by atoms with Gasteiger partial charge in [-0.25, -0.2) is 9.67 Å². The van der Waals surface area contributed by atoms with Gasteiger partial charge in [-0.15, -0.1) is 0 Å². The topological polar surface area (TPSA) is 59.2 Å². The third kappa shape index (κ3) is 3.78. The summed E-state index contributed by atoms with van der Waals surface area (Å²) < 4.78 is 4.02. The van der Waals surface area contributed by atoms with Gasteiger partial charge >= 0.3 is 0 Å². The first-order valence-electron chi connectivity index (χ1n) is 10.8. The molecule has 4 heterocycles. The average Bonchev–Trinajstić information content (AvgIpc) is 3.32. The Kier molecular flexibility index (Phi) is 5.03. The molecule has 1 aliphatic carbocycles. The number of rotatable bonds is 5. The van der Waals surface area contributed by atoms with Crippen molar-refractivity contribution in [3.63, 3.8) is 0 Å². The lowest BCUT2D eigenvalue weighted by Crippen LogP contribution is -2.47. The predicted octanol–water partition coefficient (Wildman–Crippen LogP) is 1.08. The second kappa shape index (κ2) is 7.79. The van der Waals surface area contributed by atoms with E-state index in [-0.39, 0.29) is 5.56 Å². The van der Waals surface area contributed by atoms with Crippen molar-refractivity contribution in [2.45, 2.75) is 58.2 Å². The van der Waals surface area contributed by atoms with Gasteiger partial charge in [-0.05, 0) is 37.7 Å². The average molecular weight is 383 g/mol. The Bertz CT molecular complexity index is 869. The van der Waals surface area contributed by atoms with E-state index in [1.54, 1.807) is 10.7 Å². The van der Waals surface area contributed by atoms with Crippen LogP contribution in [0, 0.1) is 0 Å². The van der Waals surface area contributed by atoms with Crippen LogP contribution in [0.15, 0.2) is 17.1 Å². The van der Waals surface area contributed by atoms with Crippen molar-refractivity contribution in [1.29, 1.82) is 0 Å². The third-order valence-electron chi connectivity index (χ3n) is 6.46. The van der Waals surface area contributed by atoms with Crippen LogP contribution in [0.1, 0.15) is 42.0 Å². The summed E-state index contributed by atoms with van der Waals surface area (Å²) in [6.07, 6.45) is 9.11. The van der Waals surface area contributed by atoms with Gasteiger partial charge in [-0.1, -0.05) is 0 Å². The fraction of sp³-hybridized carbons (Fsp3) is 0.667. The highest BCUT2D eigenvalue weighted by molar-refractivity contribution is 5.22. The van der Waals surface area contributed by atoms with Gasteiger partial charge in [0.05, 0.1) is 17.9 Å². The lowest BCUT2D eigenvalue weighted by atomic mass is 10.2. The third-order valence-corrected chi connectivity index (χ3v) is 6.46. The summed E-state index contributed by atoms with van der Waals surface area (Å²) in [7, 11) is 0. The smallest absolute Gasteiger partial charge is 0.267 e. The Morgan fingerprint density at radius 3 is 2.61 bits per heavy atom. The second-order valence-corrected chi connectivity index (χ2v) is 8.45. The lowest BCUT2D eigenvalue weighted by Gasteiger charge is -2.34. The van der Waals surface area contributed by atoms with Crippen molar-refractivity contribution < 1.29 is 0 Å². The molecule has 0 unspecified atom stereocenters. The van der Waals surface area contributed by atoms with E-state index in [1.165, 1.54) is 24.4 Å². The second-order valence-electron chi connectivity index (χ2n) is 8.45. The molecule has 7 nitrogen and oxygen atoms in total. The molecule has 5 rings (SSSR count). The van der Waals surface area contributed by atoms with E-state index in [9.17, 15) is 4.79 Å². The summed E-state index contributed by atoms with van der Waals surface area (Å²) in [5, 5.41) is 4.60. The Labute approximate surface area is 166 Å². The molecule has 0 radical (unpaired) electrons. The molecule has 2 aliphatic heterocycles. The number of piperazine rings is 1. The van der Waals surface area contributed by atoms with E-state index >= 15 is 0 Å². The minimum atomic E-state index is 0.0584. The summed E-state index contributed by atoms with van der Waals surface area (Å²) in [4.78, 5) is 22.1. The normalized spacial score (nSPS) is 20.3. The molecular formula is C21H30N6O. The number of hydrogen-bond donors (Lipinski definition) is 0. The number of imidazole rings is 1. The van der Waals surface area contributed by atoms with Crippen molar-refractivity contribution in [2.24, 2.45) is 0 Å². The van der Waals surface area contributed by atoms with E-state index in [2.05, 4.69) is 25.7 Å². The maximum Gasteiger partial charge on any atom is 0.267 e. The standard InChI is InChI=1S/C21H30N6O/c28-21-14-17-4-3-5-19(17)23-27(21)13-12-24-8-10-25(11-9-24)15-18-16-26-7-2-1-6-20(26)22-18/h14,16H,1-13,15H2. The molecule has 3 aliphatic rings. The van der Waals surface area contributed by atoms with E-state index < -0.39 is 0 Å². The van der Waals surface area contributed by atoms with Crippen LogP contribution < -0.4 is 5.56 Å². The van der Waals surface area contributed by atoms with Crippen molar-refractivity contribution in [1.82, 2.24) is 29.1 Å². The highest BCUT2D eigenvalue weighted by Crippen LogP contribution is 2.17. The summed E-state index contributed by atoms with van der Waals surface area (Å²) in [6.45, 7) is 7.91. The summed E-state index contributed by atoms with van der Waals surface area (Å²) in [5.41, 5.74) is 3.57. The number of aromatic nitrogens is 4. The first kappa shape index (κ1) is 18.1. The van der Waals surface area contributed by atoms with E-state index in [0.29, 0.717) is 6.54 Å². The first-order valence-corrected chi connectivity index (χ1v) is 10.8. The molecule has 0 N–H and O–H groups in total. The summed E-state index contributed by atoms with van der Waals surface area (Å²) >= 11 is 0. The molecule has 28 heavy (non-hydrogen) atoms. The van der Waals surface area contributed by atoms with Crippen LogP contribution in [-0.4, -0.2) is 61.9 Å². The molecule has 2 aromatic heterocycles. The molecule has 0 spiro atoms. The molecule has 1 saturated heterocycles. The number of nitrogens with zero attached hydrogens (tertiary/aromatic N) is 6. The predicted molar refractivity (Wildman–Crippen MR) is 107 cm³/mol. The van der Waals surface area contributed by atoms with Crippen LogP contribution in [0.5, 0.6) is 0 Å². The number of hydrogen-bond acceptors (Lipinski definition) is 5.